The van der Waals surface area contributed by atoms with E-state index in [9.17, 15) is 4.79 Å². The van der Waals surface area contributed by atoms with Gasteiger partial charge in [-0.1, -0.05) is 6.92 Å². The van der Waals surface area contributed by atoms with Gasteiger partial charge >= 0.3 is 5.97 Å². The van der Waals surface area contributed by atoms with Crippen LogP contribution in [0.5, 0.6) is 0 Å². The first-order valence-electron chi connectivity index (χ1n) is 6.04. The van der Waals surface area contributed by atoms with Gasteiger partial charge in [-0.15, -0.1) is 0 Å². The summed E-state index contributed by atoms with van der Waals surface area (Å²) in [6.07, 6.45) is 3.90. The van der Waals surface area contributed by atoms with Crippen LogP contribution in [0.1, 0.15) is 35.8 Å². The van der Waals surface area contributed by atoms with Crippen molar-refractivity contribution in [3.63, 3.8) is 0 Å². The SMILES string of the molecule is C[C@H]1CCCN(Cc2c(C(=O)O)cnn2C)C1. The van der Waals surface area contributed by atoms with E-state index in [2.05, 4.69) is 16.9 Å². The van der Waals surface area contributed by atoms with Crippen molar-refractivity contribution in [2.75, 3.05) is 13.1 Å². The number of aromatic carboxylic acids is 1. The molecule has 1 fully saturated rings. The van der Waals surface area contributed by atoms with E-state index in [-0.39, 0.29) is 0 Å². The first-order chi connectivity index (χ1) is 8.08. The Morgan fingerprint density at radius 3 is 3.06 bits per heavy atom. The summed E-state index contributed by atoms with van der Waals surface area (Å²) in [6.45, 7) is 5.02. The third-order valence-corrected chi connectivity index (χ3v) is 3.41. The van der Waals surface area contributed by atoms with Crippen LogP contribution in [-0.2, 0) is 13.6 Å². The van der Waals surface area contributed by atoms with Crippen molar-refractivity contribution in [2.45, 2.75) is 26.3 Å². The van der Waals surface area contributed by atoms with Gasteiger partial charge in [-0.3, -0.25) is 9.58 Å². The second-order valence-electron chi connectivity index (χ2n) is 4.92. The van der Waals surface area contributed by atoms with E-state index >= 15 is 0 Å². The zero-order chi connectivity index (χ0) is 12.4. The number of hydrogen-bond donors (Lipinski definition) is 1. The molecular weight excluding hydrogens is 218 g/mol. The molecule has 1 aliphatic heterocycles. The van der Waals surface area contributed by atoms with E-state index in [1.165, 1.54) is 19.0 Å². The molecule has 0 bridgehead atoms. The summed E-state index contributed by atoms with van der Waals surface area (Å²) < 4.78 is 1.67. The quantitative estimate of drug-likeness (QED) is 0.862. The maximum atomic E-state index is 11.1. The molecule has 5 nitrogen and oxygen atoms in total. The zero-order valence-corrected chi connectivity index (χ0v) is 10.4. The molecule has 1 atom stereocenters. The molecular formula is C12H19N3O2. The van der Waals surface area contributed by atoms with Crippen LogP contribution < -0.4 is 0 Å². The predicted octanol–water partition coefficient (Wildman–Crippen LogP) is 1.35. The zero-order valence-electron chi connectivity index (χ0n) is 10.4. The lowest BCUT2D eigenvalue weighted by molar-refractivity contribution is 0.0693. The average molecular weight is 237 g/mol. The van der Waals surface area contributed by atoms with Gasteiger partial charge < -0.3 is 5.11 Å². The number of rotatable bonds is 3. The fourth-order valence-corrected chi connectivity index (χ4v) is 2.47. The number of carbonyl (C=O) groups is 1. The number of nitrogens with zero attached hydrogens (tertiary/aromatic N) is 3. The molecule has 2 rings (SSSR count). The van der Waals surface area contributed by atoms with Crippen LogP contribution in [0.4, 0.5) is 0 Å². The minimum absolute atomic E-state index is 0.325. The highest BCUT2D eigenvalue weighted by Crippen LogP contribution is 2.19. The summed E-state index contributed by atoms with van der Waals surface area (Å²) in [5.74, 6) is -0.191. The fraction of sp³-hybridized carbons (Fsp3) is 0.667. The third-order valence-electron chi connectivity index (χ3n) is 3.41. The van der Waals surface area contributed by atoms with Gasteiger partial charge in [0.15, 0.2) is 0 Å². The predicted molar refractivity (Wildman–Crippen MR) is 63.8 cm³/mol. The summed E-state index contributed by atoms with van der Waals surface area (Å²) in [7, 11) is 1.80. The van der Waals surface area contributed by atoms with E-state index < -0.39 is 5.97 Å². The molecule has 1 aromatic heterocycles. The highest BCUT2D eigenvalue weighted by atomic mass is 16.4. The van der Waals surface area contributed by atoms with Gasteiger partial charge in [0.1, 0.15) is 5.56 Å². The molecule has 0 amide bonds. The Labute approximate surface area is 101 Å². The molecule has 1 saturated heterocycles. The van der Waals surface area contributed by atoms with Crippen LogP contribution in [0.15, 0.2) is 6.20 Å². The fourth-order valence-electron chi connectivity index (χ4n) is 2.47. The normalized spacial score (nSPS) is 21.6. The Morgan fingerprint density at radius 2 is 2.41 bits per heavy atom. The Bertz CT molecular complexity index is 414. The standard InChI is InChI=1S/C12H19N3O2/c1-9-4-3-5-15(7-9)8-11-10(12(16)17)6-13-14(11)2/h6,9H,3-5,7-8H2,1-2H3,(H,16,17)/t9-/m0/s1. The van der Waals surface area contributed by atoms with Crippen molar-refractivity contribution in [2.24, 2.45) is 13.0 Å². The van der Waals surface area contributed by atoms with Crippen molar-refractivity contribution >= 4 is 5.97 Å². The molecule has 0 spiro atoms. The van der Waals surface area contributed by atoms with Gasteiger partial charge in [0, 0.05) is 20.1 Å². The van der Waals surface area contributed by atoms with Crippen molar-refractivity contribution in [1.82, 2.24) is 14.7 Å². The van der Waals surface area contributed by atoms with Gasteiger partial charge in [-0.05, 0) is 25.3 Å². The summed E-state index contributed by atoms with van der Waals surface area (Å²) >= 11 is 0. The molecule has 0 saturated carbocycles. The Kier molecular flexibility index (Phi) is 3.47. The van der Waals surface area contributed by atoms with Crippen LogP contribution in [0.3, 0.4) is 0 Å². The second-order valence-corrected chi connectivity index (χ2v) is 4.92. The molecule has 94 valence electrons. The number of piperidine rings is 1. The number of likely N-dealkylation sites (tertiary alicyclic amines) is 1. The Balaban J connectivity index is 2.12. The first-order valence-corrected chi connectivity index (χ1v) is 6.04. The van der Waals surface area contributed by atoms with Gasteiger partial charge in [0.25, 0.3) is 0 Å². The minimum atomic E-state index is -0.891. The van der Waals surface area contributed by atoms with Crippen molar-refractivity contribution in [3.8, 4) is 0 Å². The van der Waals surface area contributed by atoms with Crippen LogP contribution in [0.25, 0.3) is 0 Å². The summed E-state index contributed by atoms with van der Waals surface area (Å²) in [4.78, 5) is 13.4. The lowest BCUT2D eigenvalue weighted by Gasteiger charge is -2.30. The lowest BCUT2D eigenvalue weighted by Crippen LogP contribution is -2.34. The van der Waals surface area contributed by atoms with Crippen LogP contribution in [0, 0.1) is 5.92 Å². The second kappa shape index (κ2) is 4.87. The van der Waals surface area contributed by atoms with Gasteiger partial charge in [-0.25, -0.2) is 4.79 Å². The number of aromatic nitrogens is 2. The largest absolute Gasteiger partial charge is 0.478 e. The van der Waals surface area contributed by atoms with Crippen molar-refractivity contribution < 1.29 is 9.90 Å². The Hall–Kier alpha value is -1.36. The molecule has 0 unspecified atom stereocenters. The molecule has 1 N–H and O–H groups in total. The molecule has 1 aromatic rings. The minimum Gasteiger partial charge on any atom is -0.478 e. The number of carboxylic acid groups (broad SMARTS) is 1. The van der Waals surface area contributed by atoms with Gasteiger partial charge in [-0.2, -0.15) is 5.10 Å². The highest BCUT2D eigenvalue weighted by molar-refractivity contribution is 5.88. The maximum Gasteiger partial charge on any atom is 0.339 e. The molecule has 0 aromatic carbocycles. The van der Waals surface area contributed by atoms with E-state index in [0.717, 1.165) is 18.8 Å². The number of hydrogen-bond acceptors (Lipinski definition) is 3. The lowest BCUT2D eigenvalue weighted by atomic mass is 10.00. The third kappa shape index (κ3) is 2.66. The van der Waals surface area contributed by atoms with E-state index in [1.54, 1.807) is 11.7 Å². The monoisotopic (exact) mass is 237 g/mol. The molecule has 5 heteroatoms. The molecule has 2 heterocycles. The van der Waals surface area contributed by atoms with Crippen LogP contribution >= 0.6 is 0 Å². The molecule has 17 heavy (non-hydrogen) atoms. The van der Waals surface area contributed by atoms with Gasteiger partial charge in [0.05, 0.1) is 11.9 Å². The Morgan fingerprint density at radius 1 is 1.65 bits per heavy atom. The number of carboxylic acids is 1. The van der Waals surface area contributed by atoms with E-state index in [1.807, 2.05) is 0 Å². The van der Waals surface area contributed by atoms with Crippen LogP contribution in [-0.4, -0.2) is 38.8 Å². The molecule has 0 aliphatic carbocycles. The number of aryl methyl sites for hydroxylation is 1. The van der Waals surface area contributed by atoms with Crippen LogP contribution in [0.2, 0.25) is 0 Å². The summed E-state index contributed by atoms with van der Waals surface area (Å²) in [6, 6.07) is 0. The molecule has 0 radical (unpaired) electrons. The maximum absolute atomic E-state index is 11.1. The van der Waals surface area contributed by atoms with Crippen molar-refractivity contribution in [3.05, 3.63) is 17.5 Å². The highest BCUT2D eigenvalue weighted by Gasteiger charge is 2.21. The first kappa shape index (κ1) is 12.1. The average Bonchev–Trinajstić information content (AvgIpc) is 2.61. The smallest absolute Gasteiger partial charge is 0.339 e. The van der Waals surface area contributed by atoms with E-state index in [4.69, 9.17) is 5.11 Å². The van der Waals surface area contributed by atoms with Crippen molar-refractivity contribution in [1.29, 1.82) is 0 Å². The summed E-state index contributed by atoms with van der Waals surface area (Å²) in [5, 5.41) is 13.1. The summed E-state index contributed by atoms with van der Waals surface area (Å²) in [5.41, 5.74) is 1.12. The van der Waals surface area contributed by atoms with E-state index in [0.29, 0.717) is 18.0 Å². The molecule has 1 aliphatic rings. The van der Waals surface area contributed by atoms with Gasteiger partial charge in [0.2, 0.25) is 0 Å². The topological polar surface area (TPSA) is 58.4 Å².